The van der Waals surface area contributed by atoms with Gasteiger partial charge in [-0.05, 0) is 87.4 Å². The number of halogens is 2. The Hall–Kier alpha value is -0.970. The first-order valence-electron chi connectivity index (χ1n) is 12.3. The van der Waals surface area contributed by atoms with Crippen LogP contribution >= 0.6 is 12.0 Å². The van der Waals surface area contributed by atoms with Gasteiger partial charge in [0.25, 0.3) is 0 Å². The molecule has 0 N–H and O–H groups in total. The van der Waals surface area contributed by atoms with Crippen molar-refractivity contribution >= 4 is 24.0 Å². The Bertz CT molecular complexity index is 762. The average molecular weight is 506 g/mol. The molecule has 0 aromatic rings. The average Bonchev–Trinajstić information content (AvgIpc) is 2.74. The highest BCUT2D eigenvalue weighted by molar-refractivity contribution is 7.96. The van der Waals surface area contributed by atoms with Gasteiger partial charge in [0.15, 0.2) is 0 Å². The van der Waals surface area contributed by atoms with Crippen molar-refractivity contribution in [2.75, 3.05) is 6.61 Å². The number of ether oxygens (including phenoxy) is 2. The van der Waals surface area contributed by atoms with Gasteiger partial charge in [-0.25, -0.2) is 4.79 Å². The number of alkyl halides is 2. The summed E-state index contributed by atoms with van der Waals surface area (Å²) in [7, 11) is 0. The fraction of sp³-hybridized carbons (Fsp3) is 0.917. The first kappa shape index (κ1) is 26.1. The summed E-state index contributed by atoms with van der Waals surface area (Å²) in [5.41, 5.74) is -0.826. The molecule has 4 bridgehead atoms. The second-order valence-electron chi connectivity index (χ2n) is 12.3. The van der Waals surface area contributed by atoms with Crippen LogP contribution in [0.25, 0.3) is 0 Å². The van der Waals surface area contributed by atoms with Gasteiger partial charge in [-0.1, -0.05) is 20.8 Å². The van der Waals surface area contributed by atoms with E-state index in [2.05, 4.69) is 30.1 Å². The van der Waals surface area contributed by atoms with Crippen LogP contribution in [0.2, 0.25) is 0 Å². The zero-order valence-electron chi connectivity index (χ0n) is 20.1. The van der Waals surface area contributed by atoms with Crippen molar-refractivity contribution in [2.45, 2.75) is 95.8 Å². The molecule has 7 nitrogen and oxygen atoms in total. The van der Waals surface area contributed by atoms with Crippen LogP contribution in [0.3, 0.4) is 0 Å². The molecule has 0 saturated heterocycles. The normalized spacial score (nSPS) is 37.5. The SMILES string of the molecule is CC(C)(C)C1CCC(C(=O)OC23CC4CC(CC(COC(=O)C(F)(F)SOO[O-])(C4)C2)C3)CC1. The Morgan fingerprint density at radius 1 is 1.03 bits per heavy atom. The van der Waals surface area contributed by atoms with E-state index in [0.717, 1.165) is 57.8 Å². The molecule has 5 saturated carbocycles. The monoisotopic (exact) mass is 505 g/mol. The molecule has 2 unspecified atom stereocenters. The number of hydrogen-bond donors (Lipinski definition) is 0. The molecule has 5 rings (SSSR count). The largest absolute Gasteiger partial charge is 0.691 e. The van der Waals surface area contributed by atoms with Crippen LogP contribution in [0.5, 0.6) is 0 Å². The van der Waals surface area contributed by atoms with E-state index in [1.165, 1.54) is 0 Å². The van der Waals surface area contributed by atoms with E-state index in [4.69, 9.17) is 9.47 Å². The van der Waals surface area contributed by atoms with Gasteiger partial charge in [-0.2, -0.15) is 13.1 Å². The molecule has 0 aliphatic heterocycles. The lowest BCUT2D eigenvalue weighted by atomic mass is 9.48. The van der Waals surface area contributed by atoms with E-state index in [0.29, 0.717) is 24.2 Å². The molecule has 0 amide bonds. The third-order valence-electron chi connectivity index (χ3n) is 8.64. The molecule has 5 aliphatic rings. The van der Waals surface area contributed by atoms with Crippen molar-refractivity contribution in [3.8, 4) is 0 Å². The van der Waals surface area contributed by atoms with E-state index in [9.17, 15) is 23.6 Å². The maximum absolute atomic E-state index is 13.8. The minimum absolute atomic E-state index is 0.0840. The Labute approximate surface area is 203 Å². The van der Waals surface area contributed by atoms with Crippen LogP contribution in [0.4, 0.5) is 8.78 Å². The summed E-state index contributed by atoms with van der Waals surface area (Å²) in [4.78, 5) is 25.1. The van der Waals surface area contributed by atoms with E-state index in [1.54, 1.807) is 0 Å². The zero-order chi connectivity index (χ0) is 24.8. The van der Waals surface area contributed by atoms with Gasteiger partial charge in [0.2, 0.25) is 0 Å². The second-order valence-corrected chi connectivity index (χ2v) is 13.1. The number of carbonyl (C=O) groups excluding carboxylic acids is 2. The molecular weight excluding hydrogens is 470 g/mol. The summed E-state index contributed by atoms with van der Waals surface area (Å²) >= 11 is -0.683. The molecule has 0 radical (unpaired) electrons. The van der Waals surface area contributed by atoms with Crippen LogP contribution in [0.1, 0.15) is 85.0 Å². The van der Waals surface area contributed by atoms with E-state index in [-0.39, 0.29) is 23.9 Å². The van der Waals surface area contributed by atoms with E-state index in [1.807, 2.05) is 0 Å². The number of carbonyl (C=O) groups is 2. The molecule has 0 heterocycles. The highest BCUT2D eigenvalue weighted by Gasteiger charge is 2.60. The molecule has 34 heavy (non-hydrogen) atoms. The molecular formula is C24H35F2O7S-. The maximum atomic E-state index is 13.8. The van der Waals surface area contributed by atoms with Crippen molar-refractivity contribution in [2.24, 2.45) is 34.5 Å². The van der Waals surface area contributed by atoms with Gasteiger partial charge < -0.3 is 14.7 Å². The zero-order valence-corrected chi connectivity index (χ0v) is 20.9. The van der Waals surface area contributed by atoms with Crippen LogP contribution in [0.15, 0.2) is 0 Å². The molecule has 5 fully saturated rings. The second kappa shape index (κ2) is 9.48. The van der Waals surface area contributed by atoms with Crippen molar-refractivity contribution in [3.63, 3.8) is 0 Å². The molecule has 0 aromatic carbocycles. The molecule has 10 heteroatoms. The standard InChI is InChI=1S/C24H36F2O7S/c1-21(2,3)18-6-4-17(5-7-18)19(27)31-23-11-15-8-16(12-23)10-22(9-15,13-23)14-30-20(28)24(25,26)34-33-32-29/h15-18,29H,4-14H2,1-3H3/p-1. The number of rotatable bonds is 8. The molecule has 194 valence electrons. The fourth-order valence-electron chi connectivity index (χ4n) is 7.54. The fourth-order valence-corrected chi connectivity index (χ4v) is 7.78. The summed E-state index contributed by atoms with van der Waals surface area (Å²) in [6, 6.07) is 0. The van der Waals surface area contributed by atoms with Crippen molar-refractivity contribution in [1.82, 2.24) is 0 Å². The van der Waals surface area contributed by atoms with Crippen LogP contribution in [-0.4, -0.2) is 29.4 Å². The quantitative estimate of drug-likeness (QED) is 0.202. The lowest BCUT2D eigenvalue weighted by Gasteiger charge is -2.61. The van der Waals surface area contributed by atoms with Gasteiger partial charge in [-0.3, -0.25) is 9.83 Å². The smallest absolute Gasteiger partial charge is 0.415 e. The van der Waals surface area contributed by atoms with Gasteiger partial charge in [0.05, 0.1) is 12.5 Å². The van der Waals surface area contributed by atoms with Crippen molar-refractivity contribution < 1.29 is 42.5 Å². The lowest BCUT2D eigenvalue weighted by molar-refractivity contribution is -0.777. The first-order valence-corrected chi connectivity index (χ1v) is 13.0. The number of hydrogen-bond acceptors (Lipinski definition) is 8. The Morgan fingerprint density at radius 3 is 2.21 bits per heavy atom. The van der Waals surface area contributed by atoms with Gasteiger partial charge >= 0.3 is 17.2 Å². The summed E-state index contributed by atoms with van der Waals surface area (Å²) in [5, 5.41) is 8.67. The molecule has 2 atom stereocenters. The van der Waals surface area contributed by atoms with E-state index >= 15 is 0 Å². The summed E-state index contributed by atoms with van der Waals surface area (Å²) in [5.74, 6) is -0.714. The minimum atomic E-state index is -4.05. The predicted octanol–water partition coefficient (Wildman–Crippen LogP) is 4.73. The Morgan fingerprint density at radius 2 is 1.65 bits per heavy atom. The topological polar surface area (TPSA) is 94.1 Å². The Balaban J connectivity index is 1.37. The minimum Gasteiger partial charge on any atom is -0.691 e. The lowest BCUT2D eigenvalue weighted by Crippen LogP contribution is -2.59. The van der Waals surface area contributed by atoms with Crippen molar-refractivity contribution in [1.29, 1.82) is 0 Å². The van der Waals surface area contributed by atoms with Crippen molar-refractivity contribution in [3.05, 3.63) is 0 Å². The summed E-state index contributed by atoms with van der Waals surface area (Å²) < 4.78 is 42.5. The molecule has 0 aromatic heterocycles. The number of esters is 2. The van der Waals surface area contributed by atoms with Crippen LogP contribution in [0, 0.1) is 34.5 Å². The van der Waals surface area contributed by atoms with Crippen LogP contribution < -0.4 is 5.26 Å². The highest BCUT2D eigenvalue weighted by atomic mass is 32.2. The summed E-state index contributed by atoms with van der Waals surface area (Å²) in [6.07, 6.45) is 8.42. The molecule has 0 spiro atoms. The predicted molar refractivity (Wildman–Crippen MR) is 117 cm³/mol. The molecule has 5 aliphatic carbocycles. The van der Waals surface area contributed by atoms with Gasteiger partial charge in [0, 0.05) is 5.41 Å². The van der Waals surface area contributed by atoms with Gasteiger partial charge in [-0.15, -0.1) is 0 Å². The third kappa shape index (κ3) is 5.55. The van der Waals surface area contributed by atoms with E-state index < -0.39 is 34.3 Å². The van der Waals surface area contributed by atoms with Crippen LogP contribution in [-0.2, 0) is 28.4 Å². The van der Waals surface area contributed by atoms with Gasteiger partial charge in [0.1, 0.15) is 17.6 Å². The summed E-state index contributed by atoms with van der Waals surface area (Å²) in [6.45, 7) is 6.58. The third-order valence-corrected chi connectivity index (χ3v) is 9.14. The Kier molecular flexibility index (Phi) is 7.28. The first-order chi connectivity index (χ1) is 15.9. The highest BCUT2D eigenvalue weighted by Crippen LogP contribution is 2.63. The maximum Gasteiger partial charge on any atom is 0.415 e.